The van der Waals surface area contributed by atoms with Gasteiger partial charge in [-0.3, -0.25) is 0 Å². The summed E-state index contributed by atoms with van der Waals surface area (Å²) in [6.07, 6.45) is 1.69. The number of nitrogens with one attached hydrogen (secondary N) is 1. The Hall–Kier alpha value is -1.01. The number of methoxy groups -OCH3 is 1. The Kier molecular flexibility index (Phi) is 6.57. The summed E-state index contributed by atoms with van der Waals surface area (Å²) in [6, 6.07) is 7.18. The van der Waals surface area contributed by atoms with Crippen LogP contribution in [0.3, 0.4) is 0 Å². The van der Waals surface area contributed by atoms with Crippen LogP contribution in [0.2, 0.25) is 0 Å². The maximum atomic E-state index is 13.1. The molecule has 1 aliphatic rings. The molecule has 1 saturated heterocycles. The van der Waals surface area contributed by atoms with Gasteiger partial charge in [-0.2, -0.15) is 0 Å². The second-order valence-electron chi connectivity index (χ2n) is 5.69. The summed E-state index contributed by atoms with van der Waals surface area (Å²) in [4.78, 5) is 2.27. The normalized spacial score (nSPS) is 18.8. The molecule has 0 spiro atoms. The van der Waals surface area contributed by atoms with Crippen molar-refractivity contribution in [2.45, 2.75) is 31.5 Å². The number of ether oxygens (including phenoxy) is 1. The fourth-order valence-corrected chi connectivity index (χ4v) is 2.77. The van der Waals surface area contributed by atoms with Crippen molar-refractivity contribution in [1.29, 1.82) is 0 Å². The first-order valence-electron chi connectivity index (χ1n) is 7.54. The van der Waals surface area contributed by atoms with Crippen molar-refractivity contribution in [2.24, 2.45) is 0 Å². The monoisotopic (exact) mass is 296 g/mol. The van der Waals surface area contributed by atoms with Crippen LogP contribution in [-0.2, 0) is 11.3 Å². The first kappa shape index (κ1) is 16.4. The second-order valence-corrected chi connectivity index (χ2v) is 5.69. The number of nitrogens with zero attached hydrogens (tertiary/aromatic N) is 1. The Bertz CT molecular complexity index is 422. The molecule has 2 N–H and O–H groups in total. The van der Waals surface area contributed by atoms with Crippen molar-refractivity contribution >= 4 is 0 Å². The van der Waals surface area contributed by atoms with Gasteiger partial charge in [-0.25, -0.2) is 4.39 Å². The molecule has 118 valence electrons. The average Bonchev–Trinajstić information content (AvgIpc) is 2.47. The van der Waals surface area contributed by atoms with Crippen LogP contribution in [0, 0.1) is 5.82 Å². The summed E-state index contributed by atoms with van der Waals surface area (Å²) >= 11 is 0. The Morgan fingerprint density at radius 3 is 2.86 bits per heavy atom. The van der Waals surface area contributed by atoms with Gasteiger partial charge in [0.05, 0.1) is 12.7 Å². The fraction of sp³-hybridized carbons (Fsp3) is 0.625. The molecular formula is C16H25FN2O2. The van der Waals surface area contributed by atoms with Crippen molar-refractivity contribution in [3.05, 3.63) is 35.6 Å². The lowest BCUT2D eigenvalue weighted by Gasteiger charge is -2.33. The topological polar surface area (TPSA) is 44.7 Å². The van der Waals surface area contributed by atoms with E-state index in [2.05, 4.69) is 10.2 Å². The van der Waals surface area contributed by atoms with Crippen LogP contribution in [0.15, 0.2) is 24.3 Å². The van der Waals surface area contributed by atoms with Crippen molar-refractivity contribution in [3.63, 3.8) is 0 Å². The van der Waals surface area contributed by atoms with Crippen LogP contribution in [0.5, 0.6) is 0 Å². The summed E-state index contributed by atoms with van der Waals surface area (Å²) in [5, 5.41) is 13.2. The van der Waals surface area contributed by atoms with E-state index in [1.807, 2.05) is 6.07 Å². The van der Waals surface area contributed by atoms with E-state index in [9.17, 15) is 9.50 Å². The molecule has 5 heteroatoms. The molecule has 1 unspecified atom stereocenters. The molecule has 0 aromatic heterocycles. The molecule has 0 bridgehead atoms. The van der Waals surface area contributed by atoms with E-state index in [0.29, 0.717) is 25.7 Å². The fourth-order valence-electron chi connectivity index (χ4n) is 2.77. The van der Waals surface area contributed by atoms with E-state index in [1.54, 1.807) is 19.2 Å². The van der Waals surface area contributed by atoms with Crippen LogP contribution in [-0.4, -0.2) is 55.5 Å². The number of benzene rings is 1. The molecule has 1 heterocycles. The van der Waals surface area contributed by atoms with E-state index in [1.165, 1.54) is 6.07 Å². The van der Waals surface area contributed by atoms with E-state index in [0.717, 1.165) is 31.5 Å². The molecule has 4 nitrogen and oxygen atoms in total. The number of β-amino-alcohol motifs (C(OH)–C–C–N with tert-alkyl or cyclic N) is 1. The smallest absolute Gasteiger partial charge is 0.123 e. The minimum absolute atomic E-state index is 0.184. The van der Waals surface area contributed by atoms with Gasteiger partial charge in [0.2, 0.25) is 0 Å². The molecule has 2 rings (SSSR count). The van der Waals surface area contributed by atoms with Gasteiger partial charge < -0.3 is 20.1 Å². The molecule has 0 saturated carbocycles. The number of hydrogen-bond donors (Lipinski definition) is 2. The summed E-state index contributed by atoms with van der Waals surface area (Å²) in [5.74, 6) is -0.184. The van der Waals surface area contributed by atoms with Crippen LogP contribution in [0.1, 0.15) is 18.4 Å². The van der Waals surface area contributed by atoms with E-state index in [-0.39, 0.29) is 5.82 Å². The summed E-state index contributed by atoms with van der Waals surface area (Å²) in [6.45, 7) is 3.71. The average molecular weight is 296 g/mol. The number of likely N-dealkylation sites (tertiary alicyclic amines) is 1. The standard InChI is InChI=1S/C16H25FN2O2/c1-21-12-16(20)11-19-7-5-15(6-8-19)18-10-13-3-2-4-14(17)9-13/h2-4,9,15-16,18,20H,5-8,10-12H2,1H3. The highest BCUT2D eigenvalue weighted by atomic mass is 19.1. The molecule has 0 aliphatic carbocycles. The number of hydrogen-bond acceptors (Lipinski definition) is 4. The maximum absolute atomic E-state index is 13.1. The first-order valence-corrected chi connectivity index (χ1v) is 7.54. The van der Waals surface area contributed by atoms with Crippen LogP contribution < -0.4 is 5.32 Å². The lowest BCUT2D eigenvalue weighted by molar-refractivity contribution is 0.0310. The molecule has 21 heavy (non-hydrogen) atoms. The molecule has 0 amide bonds. The Balaban J connectivity index is 1.67. The summed E-state index contributed by atoms with van der Waals surface area (Å²) < 4.78 is 18.0. The number of piperidine rings is 1. The van der Waals surface area contributed by atoms with Gasteiger partial charge in [-0.1, -0.05) is 12.1 Å². The molecular weight excluding hydrogens is 271 g/mol. The number of aliphatic hydroxyl groups excluding tert-OH is 1. The molecule has 1 aliphatic heterocycles. The number of halogens is 1. The number of aliphatic hydroxyl groups is 1. The summed E-state index contributed by atoms with van der Waals surface area (Å²) in [5.41, 5.74) is 0.980. The quantitative estimate of drug-likeness (QED) is 0.798. The Labute approximate surface area is 125 Å². The van der Waals surface area contributed by atoms with Crippen molar-refractivity contribution in [3.8, 4) is 0 Å². The zero-order valence-corrected chi connectivity index (χ0v) is 12.6. The highest BCUT2D eigenvalue weighted by molar-refractivity contribution is 5.16. The SMILES string of the molecule is COCC(O)CN1CCC(NCc2cccc(F)c2)CC1. The van der Waals surface area contributed by atoms with Gasteiger partial charge in [-0.15, -0.1) is 0 Å². The van der Waals surface area contributed by atoms with Crippen LogP contribution >= 0.6 is 0 Å². The predicted octanol–water partition coefficient (Wildman–Crippen LogP) is 1.39. The lowest BCUT2D eigenvalue weighted by atomic mass is 10.0. The van der Waals surface area contributed by atoms with Gasteiger partial charge in [0, 0.05) is 26.2 Å². The maximum Gasteiger partial charge on any atom is 0.123 e. The summed E-state index contributed by atoms with van der Waals surface area (Å²) in [7, 11) is 1.60. The molecule has 0 radical (unpaired) electrons. The zero-order valence-electron chi connectivity index (χ0n) is 12.6. The predicted molar refractivity (Wildman–Crippen MR) is 80.6 cm³/mol. The largest absolute Gasteiger partial charge is 0.389 e. The molecule has 1 aromatic rings. The van der Waals surface area contributed by atoms with Gasteiger partial charge in [0.15, 0.2) is 0 Å². The van der Waals surface area contributed by atoms with Gasteiger partial charge >= 0.3 is 0 Å². The minimum Gasteiger partial charge on any atom is -0.389 e. The van der Waals surface area contributed by atoms with E-state index >= 15 is 0 Å². The molecule has 1 atom stereocenters. The molecule has 1 fully saturated rings. The first-order chi connectivity index (χ1) is 10.2. The van der Waals surface area contributed by atoms with Crippen molar-refractivity contribution in [1.82, 2.24) is 10.2 Å². The van der Waals surface area contributed by atoms with Crippen molar-refractivity contribution in [2.75, 3.05) is 33.4 Å². The Morgan fingerprint density at radius 2 is 2.19 bits per heavy atom. The highest BCUT2D eigenvalue weighted by Crippen LogP contribution is 2.12. The lowest BCUT2D eigenvalue weighted by Crippen LogP contribution is -2.45. The van der Waals surface area contributed by atoms with Crippen LogP contribution in [0.4, 0.5) is 4.39 Å². The third-order valence-electron chi connectivity index (χ3n) is 3.90. The van der Waals surface area contributed by atoms with E-state index < -0.39 is 6.10 Å². The number of rotatable bonds is 7. The minimum atomic E-state index is -0.410. The zero-order chi connectivity index (χ0) is 15.1. The Morgan fingerprint density at radius 1 is 1.43 bits per heavy atom. The highest BCUT2D eigenvalue weighted by Gasteiger charge is 2.20. The van der Waals surface area contributed by atoms with Crippen molar-refractivity contribution < 1.29 is 14.2 Å². The van der Waals surface area contributed by atoms with Gasteiger partial charge in [0.25, 0.3) is 0 Å². The second kappa shape index (κ2) is 8.44. The molecule has 1 aromatic carbocycles. The third kappa shape index (κ3) is 5.71. The third-order valence-corrected chi connectivity index (χ3v) is 3.90. The van der Waals surface area contributed by atoms with Gasteiger partial charge in [0.1, 0.15) is 5.82 Å². The van der Waals surface area contributed by atoms with E-state index in [4.69, 9.17) is 4.74 Å². The van der Waals surface area contributed by atoms with Crippen LogP contribution in [0.25, 0.3) is 0 Å². The van der Waals surface area contributed by atoms with Gasteiger partial charge in [-0.05, 0) is 43.6 Å².